The van der Waals surface area contributed by atoms with Crippen LogP contribution in [-0.4, -0.2) is 62.2 Å². The van der Waals surface area contributed by atoms with Gasteiger partial charge in [-0.15, -0.1) is 0 Å². The number of hydroxylamine groups is 1. The number of halogens is 1. The number of hydrogen-bond donors (Lipinski definition) is 5. The molecule has 5 N–H and O–H groups in total. The number of aliphatic hydroxyl groups is 3. The maximum absolute atomic E-state index is 11.2. The number of hydrogen-bond acceptors (Lipinski definition) is 8. The van der Waals surface area contributed by atoms with Crippen LogP contribution >= 0.6 is 11.6 Å². The Balaban J connectivity index is 0.00000300. The van der Waals surface area contributed by atoms with E-state index in [-0.39, 0.29) is 35.2 Å². The van der Waals surface area contributed by atoms with Crippen molar-refractivity contribution >= 4 is 23.3 Å². The number of anilines is 1. The van der Waals surface area contributed by atoms with Crippen molar-refractivity contribution in [2.75, 3.05) is 5.06 Å². The van der Waals surface area contributed by atoms with Gasteiger partial charge >= 0.3 is 35.5 Å². The third-order valence-corrected chi connectivity index (χ3v) is 4.48. The fraction of sp³-hybridized carbons (Fsp3) is 0.278. The van der Waals surface area contributed by atoms with E-state index >= 15 is 0 Å². The predicted octanol–water partition coefficient (Wildman–Crippen LogP) is -1.78. The summed E-state index contributed by atoms with van der Waals surface area (Å²) < 4.78 is 10.7. The summed E-state index contributed by atoms with van der Waals surface area (Å²) in [5, 5.41) is 50.0. The summed E-state index contributed by atoms with van der Waals surface area (Å²) >= 11 is 5.81. The Bertz CT molecular complexity index is 822. The smallest absolute Gasteiger partial charge is 0.479 e. The Labute approximate surface area is 192 Å². The molecule has 1 heterocycles. The molecule has 0 aromatic heterocycles. The van der Waals surface area contributed by atoms with Gasteiger partial charge in [0.2, 0.25) is 0 Å². The fourth-order valence-corrected chi connectivity index (χ4v) is 2.85. The number of nitrogens with zero attached hydrogens (tertiary/aromatic N) is 1. The first-order valence-corrected chi connectivity index (χ1v) is 8.60. The van der Waals surface area contributed by atoms with Gasteiger partial charge in [0.15, 0.2) is 12.3 Å². The first-order chi connectivity index (χ1) is 13.3. The molecule has 0 saturated carbocycles. The number of ether oxygens (including phenoxy) is 2. The topological polar surface area (TPSA) is 140 Å². The molecule has 0 bridgehead atoms. The molecule has 2 aromatic carbocycles. The molecular weight excluding hydrogens is 417 g/mol. The van der Waals surface area contributed by atoms with Crippen molar-refractivity contribution < 1.29 is 69.5 Å². The molecule has 5 unspecified atom stereocenters. The summed E-state index contributed by atoms with van der Waals surface area (Å²) in [6.07, 6.45) is -8.83. The van der Waals surface area contributed by atoms with Crippen molar-refractivity contribution in [2.24, 2.45) is 0 Å². The number of carboxylic acids is 1. The van der Waals surface area contributed by atoms with Gasteiger partial charge in [-0.2, -0.15) is 0 Å². The van der Waals surface area contributed by atoms with Crippen molar-refractivity contribution in [3.8, 4) is 11.5 Å². The molecule has 11 heteroatoms. The van der Waals surface area contributed by atoms with Crippen LogP contribution in [0.1, 0.15) is 0 Å². The van der Waals surface area contributed by atoms with Gasteiger partial charge in [0.05, 0.1) is 5.69 Å². The second kappa shape index (κ2) is 10.1. The van der Waals surface area contributed by atoms with Crippen LogP contribution in [0, 0.1) is 0 Å². The van der Waals surface area contributed by atoms with Crippen LogP contribution in [0.4, 0.5) is 5.69 Å². The van der Waals surface area contributed by atoms with Gasteiger partial charge in [0.25, 0.3) is 0 Å². The van der Waals surface area contributed by atoms with Crippen LogP contribution in [0.2, 0.25) is 5.02 Å². The molecule has 1 aliphatic rings. The van der Waals surface area contributed by atoms with Crippen LogP contribution in [0.15, 0.2) is 48.5 Å². The molecule has 2 aromatic rings. The number of rotatable bonds is 5. The minimum absolute atomic E-state index is 0. The van der Waals surface area contributed by atoms with Crippen molar-refractivity contribution in [3.63, 3.8) is 0 Å². The Hall–Kier alpha value is -1.40. The normalized spacial score (nSPS) is 26.3. The molecule has 1 aliphatic heterocycles. The third-order valence-electron chi connectivity index (χ3n) is 4.22. The van der Waals surface area contributed by atoms with E-state index < -0.39 is 36.6 Å². The molecule has 150 valence electrons. The summed E-state index contributed by atoms with van der Waals surface area (Å²) in [7, 11) is 0. The Morgan fingerprint density at radius 2 is 1.45 bits per heavy atom. The minimum atomic E-state index is -1.84. The monoisotopic (exact) mass is 434 g/mol. The van der Waals surface area contributed by atoms with Crippen LogP contribution in [-0.2, 0) is 9.53 Å². The summed E-state index contributed by atoms with van der Waals surface area (Å²) in [5.41, 5.74) is 0.139. The number of benzene rings is 2. The van der Waals surface area contributed by atoms with Crippen LogP contribution in [0.25, 0.3) is 0 Å². The van der Waals surface area contributed by atoms with E-state index in [0.29, 0.717) is 21.6 Å². The number of carboxylic acid groups (broad SMARTS) is 1. The van der Waals surface area contributed by atoms with Gasteiger partial charge in [-0.1, -0.05) is 11.6 Å². The second-order valence-electron chi connectivity index (χ2n) is 6.15. The van der Waals surface area contributed by atoms with E-state index in [1.807, 2.05) is 0 Å². The van der Waals surface area contributed by atoms with E-state index in [1.165, 1.54) is 24.3 Å². The van der Waals surface area contributed by atoms with Gasteiger partial charge in [-0.05, 0) is 48.5 Å². The Morgan fingerprint density at radius 3 is 1.97 bits per heavy atom. The maximum atomic E-state index is 11.2. The molecule has 5 atom stereocenters. The zero-order valence-corrected chi connectivity index (χ0v) is 18.0. The summed E-state index contributed by atoms with van der Waals surface area (Å²) in [6, 6.07) is 12.6. The zero-order chi connectivity index (χ0) is 20.4. The van der Waals surface area contributed by atoms with Crippen molar-refractivity contribution in [1.82, 2.24) is 0 Å². The first-order valence-electron chi connectivity index (χ1n) is 8.22. The van der Waals surface area contributed by atoms with Gasteiger partial charge in [0.1, 0.15) is 29.8 Å². The molecular formula is C18H18ClNNaO8+. The molecule has 0 amide bonds. The standard InChI is InChI=1S/C18H18ClNO8.Na/c19-9-1-5-11(6-2-9)27-12-7-3-10(4-8-12)20(26)17-15(23)13(21)14(22)16(28-17)18(24)25;/h1-8,13-17,21-23,26H,(H,24,25);/q;+1. The average Bonchev–Trinajstić information content (AvgIpc) is 2.68. The van der Waals surface area contributed by atoms with Crippen LogP contribution < -0.4 is 39.4 Å². The average molecular weight is 435 g/mol. The third kappa shape index (κ3) is 5.40. The minimum Gasteiger partial charge on any atom is -0.479 e. The van der Waals surface area contributed by atoms with E-state index in [0.717, 1.165) is 0 Å². The largest absolute Gasteiger partial charge is 1.00 e. The number of carbonyl (C=O) groups is 1. The summed E-state index contributed by atoms with van der Waals surface area (Å²) in [5.74, 6) is -0.544. The molecule has 0 spiro atoms. The van der Waals surface area contributed by atoms with Gasteiger partial charge in [-0.3, -0.25) is 5.21 Å². The predicted molar refractivity (Wildman–Crippen MR) is 96.6 cm³/mol. The van der Waals surface area contributed by atoms with Gasteiger partial charge in [0, 0.05) is 5.02 Å². The van der Waals surface area contributed by atoms with E-state index in [4.69, 9.17) is 26.2 Å². The first kappa shape index (κ1) is 23.9. The quantitative estimate of drug-likeness (QED) is 0.273. The van der Waals surface area contributed by atoms with Gasteiger partial charge in [-0.25, -0.2) is 9.86 Å². The molecule has 0 radical (unpaired) electrons. The summed E-state index contributed by atoms with van der Waals surface area (Å²) in [4.78, 5) is 11.2. The van der Waals surface area contributed by atoms with Crippen LogP contribution in [0.3, 0.4) is 0 Å². The Morgan fingerprint density at radius 1 is 0.931 bits per heavy atom. The number of aliphatic hydroxyl groups excluding tert-OH is 3. The fourth-order valence-electron chi connectivity index (χ4n) is 2.72. The number of aliphatic carboxylic acids is 1. The molecule has 1 saturated heterocycles. The van der Waals surface area contributed by atoms with Crippen molar-refractivity contribution in [2.45, 2.75) is 30.6 Å². The van der Waals surface area contributed by atoms with Crippen molar-refractivity contribution in [1.29, 1.82) is 0 Å². The molecule has 0 aliphatic carbocycles. The van der Waals surface area contributed by atoms with Crippen molar-refractivity contribution in [3.05, 3.63) is 53.6 Å². The van der Waals surface area contributed by atoms with E-state index in [2.05, 4.69) is 0 Å². The SMILES string of the molecule is O=C(O)C1OC(N(O)c2ccc(Oc3ccc(Cl)cc3)cc2)C(O)C(O)C1O.[Na+]. The Kier molecular flexibility index (Phi) is 8.29. The van der Waals surface area contributed by atoms with E-state index in [1.54, 1.807) is 24.3 Å². The molecule has 3 rings (SSSR count). The van der Waals surface area contributed by atoms with Gasteiger partial charge < -0.3 is 29.9 Å². The molecule has 1 fully saturated rings. The second-order valence-corrected chi connectivity index (χ2v) is 6.59. The summed E-state index contributed by atoms with van der Waals surface area (Å²) in [6.45, 7) is 0. The van der Waals surface area contributed by atoms with E-state index in [9.17, 15) is 25.3 Å². The van der Waals surface area contributed by atoms with Crippen LogP contribution in [0.5, 0.6) is 11.5 Å². The molecule has 29 heavy (non-hydrogen) atoms. The molecule has 9 nitrogen and oxygen atoms in total. The zero-order valence-electron chi connectivity index (χ0n) is 15.3. The maximum Gasteiger partial charge on any atom is 1.00 e.